The maximum Gasteiger partial charge on any atom is 0.111 e. The summed E-state index contributed by atoms with van der Waals surface area (Å²) in [7, 11) is -2.75. The highest BCUT2D eigenvalue weighted by molar-refractivity contribution is 8.26. The van der Waals surface area contributed by atoms with Gasteiger partial charge >= 0.3 is 0 Å². The fraction of sp³-hybridized carbons (Fsp3) is 0.500. The van der Waals surface area contributed by atoms with Crippen molar-refractivity contribution in [2.24, 2.45) is 0 Å². The predicted molar refractivity (Wildman–Crippen MR) is 75.8 cm³/mol. The van der Waals surface area contributed by atoms with E-state index >= 15 is 0 Å². The van der Waals surface area contributed by atoms with Gasteiger partial charge in [-0.2, -0.15) is 10.6 Å². The molecule has 92 valence electrons. The molecule has 0 radical (unpaired) electrons. The molecule has 0 spiro atoms. The van der Waals surface area contributed by atoms with Crippen LogP contribution in [-0.4, -0.2) is 37.8 Å². The van der Waals surface area contributed by atoms with Crippen molar-refractivity contribution in [1.29, 1.82) is 0 Å². The molecule has 0 atom stereocenters. The lowest BCUT2D eigenvalue weighted by atomic mass is 10.5. The van der Waals surface area contributed by atoms with E-state index < -0.39 is 10.6 Å². The number of rotatable bonds is 5. The van der Waals surface area contributed by atoms with Gasteiger partial charge in [0.05, 0.1) is 10.7 Å². The van der Waals surface area contributed by atoms with E-state index in [1.54, 1.807) is 6.07 Å². The minimum atomic E-state index is -2.75. The van der Waals surface area contributed by atoms with Crippen LogP contribution in [0.2, 0.25) is 0 Å². The SMILES string of the molecule is CCN(CC)C(=S)CS(O)(O)c1cccs1. The summed E-state index contributed by atoms with van der Waals surface area (Å²) in [5, 5.41) is 1.84. The highest BCUT2D eigenvalue weighted by Gasteiger charge is 2.20. The zero-order valence-corrected chi connectivity index (χ0v) is 11.9. The van der Waals surface area contributed by atoms with Crippen molar-refractivity contribution in [3.63, 3.8) is 0 Å². The van der Waals surface area contributed by atoms with Crippen LogP contribution in [0.25, 0.3) is 0 Å². The second-order valence-corrected chi connectivity index (χ2v) is 7.05. The van der Waals surface area contributed by atoms with Gasteiger partial charge in [0.1, 0.15) is 4.21 Å². The molecule has 0 saturated carbocycles. The molecule has 6 heteroatoms. The van der Waals surface area contributed by atoms with Crippen LogP contribution >= 0.6 is 34.1 Å². The van der Waals surface area contributed by atoms with Crippen LogP contribution in [0.5, 0.6) is 0 Å². The normalized spacial score (nSPS) is 12.5. The summed E-state index contributed by atoms with van der Waals surface area (Å²) in [5.74, 6) is 0.157. The van der Waals surface area contributed by atoms with Crippen molar-refractivity contribution < 1.29 is 9.11 Å². The van der Waals surface area contributed by atoms with E-state index in [-0.39, 0.29) is 5.75 Å². The van der Waals surface area contributed by atoms with Gasteiger partial charge in [-0.1, -0.05) is 12.2 Å². The van der Waals surface area contributed by atoms with Gasteiger partial charge in [0.2, 0.25) is 0 Å². The first-order valence-corrected chi connectivity index (χ1v) is 8.08. The lowest BCUT2D eigenvalue weighted by molar-refractivity contribution is 0.463. The first-order chi connectivity index (χ1) is 7.51. The minimum absolute atomic E-state index is 0.157. The Hall–Kier alpha value is -0.140. The van der Waals surface area contributed by atoms with Gasteiger partial charge in [-0.25, -0.2) is 0 Å². The molecule has 1 heterocycles. The summed E-state index contributed by atoms with van der Waals surface area (Å²) < 4.78 is 20.7. The minimum Gasteiger partial charge on any atom is -0.365 e. The summed E-state index contributed by atoms with van der Waals surface area (Å²) in [5.41, 5.74) is 0. The van der Waals surface area contributed by atoms with E-state index in [1.165, 1.54) is 11.3 Å². The van der Waals surface area contributed by atoms with E-state index in [0.717, 1.165) is 13.1 Å². The Balaban J connectivity index is 2.69. The zero-order chi connectivity index (χ0) is 12.2. The average Bonchev–Trinajstić information content (AvgIpc) is 2.71. The molecule has 0 aliphatic rings. The molecule has 0 saturated heterocycles. The van der Waals surface area contributed by atoms with E-state index in [0.29, 0.717) is 9.20 Å². The molecule has 3 nitrogen and oxygen atoms in total. The van der Waals surface area contributed by atoms with Gasteiger partial charge in [-0.05, 0) is 31.4 Å². The van der Waals surface area contributed by atoms with Gasteiger partial charge in [0, 0.05) is 13.1 Å². The Morgan fingerprint density at radius 1 is 1.44 bits per heavy atom. The van der Waals surface area contributed by atoms with Crippen molar-refractivity contribution in [3.05, 3.63) is 17.5 Å². The lowest BCUT2D eigenvalue weighted by Gasteiger charge is -2.33. The average molecular weight is 279 g/mol. The Bertz CT molecular complexity index is 334. The third-order valence-corrected chi connectivity index (χ3v) is 6.05. The first-order valence-electron chi connectivity index (χ1n) is 5.08. The van der Waals surface area contributed by atoms with Gasteiger partial charge in [-0.3, -0.25) is 9.11 Å². The lowest BCUT2D eigenvalue weighted by Crippen LogP contribution is -2.32. The topological polar surface area (TPSA) is 43.7 Å². The molecule has 0 bridgehead atoms. The van der Waals surface area contributed by atoms with E-state index in [4.69, 9.17) is 12.2 Å². The first kappa shape index (κ1) is 13.9. The summed E-state index contributed by atoms with van der Waals surface area (Å²) in [4.78, 5) is 2.59. The molecule has 16 heavy (non-hydrogen) atoms. The summed E-state index contributed by atoms with van der Waals surface area (Å²) in [6.45, 7) is 5.62. The van der Waals surface area contributed by atoms with Crippen molar-refractivity contribution in [2.45, 2.75) is 18.1 Å². The fourth-order valence-electron chi connectivity index (χ4n) is 1.36. The molecule has 2 N–H and O–H groups in total. The van der Waals surface area contributed by atoms with Gasteiger partial charge < -0.3 is 4.90 Å². The van der Waals surface area contributed by atoms with Gasteiger partial charge in [-0.15, -0.1) is 11.3 Å². The molecular weight excluding hydrogens is 262 g/mol. The van der Waals surface area contributed by atoms with Crippen LogP contribution < -0.4 is 0 Å². The molecule has 1 rings (SSSR count). The standard InChI is InChI=1S/C10H17NO2S3/c1-3-11(4-2)9(14)8-16(12,13)10-6-5-7-15-10/h5-7,12-13H,3-4,8H2,1-2H3. The molecule has 1 aromatic heterocycles. The van der Waals surface area contributed by atoms with Crippen LogP contribution in [0.1, 0.15) is 13.8 Å². The second kappa shape index (κ2) is 5.97. The third-order valence-electron chi connectivity index (χ3n) is 2.26. The molecule has 0 aliphatic carbocycles. The molecule has 1 aromatic rings. The van der Waals surface area contributed by atoms with E-state index in [9.17, 15) is 9.11 Å². The largest absolute Gasteiger partial charge is 0.365 e. The quantitative estimate of drug-likeness (QED) is 0.809. The van der Waals surface area contributed by atoms with Crippen molar-refractivity contribution in [2.75, 3.05) is 18.8 Å². The Labute approximate surface area is 107 Å². The van der Waals surface area contributed by atoms with Gasteiger partial charge in [0.15, 0.2) is 0 Å². The van der Waals surface area contributed by atoms with Gasteiger partial charge in [0.25, 0.3) is 0 Å². The van der Waals surface area contributed by atoms with Crippen LogP contribution in [0.15, 0.2) is 21.7 Å². The van der Waals surface area contributed by atoms with E-state index in [1.807, 2.05) is 30.2 Å². The van der Waals surface area contributed by atoms with Crippen LogP contribution in [0.3, 0.4) is 0 Å². The second-order valence-electron chi connectivity index (χ2n) is 3.31. The predicted octanol–water partition coefficient (Wildman–Crippen LogP) is 3.53. The van der Waals surface area contributed by atoms with E-state index in [2.05, 4.69) is 0 Å². The maximum absolute atomic E-state index is 10.0. The smallest absolute Gasteiger partial charge is 0.111 e. The van der Waals surface area contributed by atoms with Crippen molar-refractivity contribution in [3.8, 4) is 0 Å². The monoisotopic (exact) mass is 279 g/mol. The Morgan fingerprint density at radius 2 is 2.06 bits per heavy atom. The molecule has 0 fully saturated rings. The third kappa shape index (κ3) is 3.43. The summed E-state index contributed by atoms with van der Waals surface area (Å²) >= 11 is 6.58. The van der Waals surface area contributed by atoms with Crippen molar-refractivity contribution in [1.82, 2.24) is 4.90 Å². The number of hydrogen-bond acceptors (Lipinski definition) is 4. The van der Waals surface area contributed by atoms with Crippen LogP contribution in [0.4, 0.5) is 0 Å². The van der Waals surface area contributed by atoms with Crippen LogP contribution in [-0.2, 0) is 0 Å². The molecule has 0 aromatic carbocycles. The maximum atomic E-state index is 10.0. The number of nitrogens with zero attached hydrogens (tertiary/aromatic N) is 1. The number of thiocarbonyl (C=S) groups is 1. The fourth-order valence-corrected chi connectivity index (χ4v) is 4.49. The number of thiophene rings is 1. The molecule has 0 unspecified atom stereocenters. The highest BCUT2D eigenvalue weighted by atomic mass is 32.3. The Morgan fingerprint density at radius 3 is 2.50 bits per heavy atom. The highest BCUT2D eigenvalue weighted by Crippen LogP contribution is 2.50. The summed E-state index contributed by atoms with van der Waals surface area (Å²) in [6.07, 6.45) is 0. The molecule has 0 aliphatic heterocycles. The summed E-state index contributed by atoms with van der Waals surface area (Å²) in [6, 6.07) is 3.56. The zero-order valence-electron chi connectivity index (χ0n) is 9.42. The number of hydrogen-bond donors (Lipinski definition) is 2. The van der Waals surface area contributed by atoms with Crippen LogP contribution in [0, 0.1) is 0 Å². The molecule has 0 amide bonds. The Kier molecular flexibility index (Phi) is 5.20. The molecular formula is C10H17NO2S3. The van der Waals surface area contributed by atoms with Crippen molar-refractivity contribution >= 4 is 39.1 Å².